The molecule has 0 radical (unpaired) electrons. The van der Waals surface area contributed by atoms with Crippen molar-refractivity contribution in [3.8, 4) is 0 Å². The number of rotatable bonds is 10. The van der Waals surface area contributed by atoms with Crippen LogP contribution in [-0.2, 0) is 31.2 Å². The molecule has 0 amide bonds. The summed E-state index contributed by atoms with van der Waals surface area (Å²) in [5.41, 5.74) is 0. The first-order valence-electron chi connectivity index (χ1n) is 10.8. The van der Waals surface area contributed by atoms with Gasteiger partial charge in [-0.1, -0.05) is 6.92 Å². The van der Waals surface area contributed by atoms with Crippen LogP contribution in [0.4, 0.5) is 0 Å². The lowest BCUT2D eigenvalue weighted by molar-refractivity contribution is 0.0376. The zero-order valence-electron chi connectivity index (χ0n) is 18.4. The number of aromatic nitrogens is 4. The van der Waals surface area contributed by atoms with E-state index in [0.717, 1.165) is 87.8 Å². The van der Waals surface area contributed by atoms with Crippen molar-refractivity contribution in [3.63, 3.8) is 0 Å². The lowest BCUT2D eigenvalue weighted by Crippen LogP contribution is -2.41. The van der Waals surface area contributed by atoms with Gasteiger partial charge in [0.25, 0.3) is 0 Å². The maximum atomic E-state index is 5.42. The van der Waals surface area contributed by atoms with Crippen LogP contribution in [0.5, 0.6) is 0 Å². The second kappa shape index (κ2) is 12.0. The van der Waals surface area contributed by atoms with Crippen LogP contribution in [0.3, 0.4) is 0 Å². The van der Waals surface area contributed by atoms with E-state index in [2.05, 4.69) is 37.6 Å². The van der Waals surface area contributed by atoms with E-state index >= 15 is 0 Å². The van der Waals surface area contributed by atoms with E-state index in [1.54, 1.807) is 11.3 Å². The molecule has 0 spiro atoms. The van der Waals surface area contributed by atoms with Crippen LogP contribution in [0.1, 0.15) is 34.9 Å². The molecule has 166 valence electrons. The van der Waals surface area contributed by atoms with Gasteiger partial charge >= 0.3 is 0 Å². The van der Waals surface area contributed by atoms with E-state index in [-0.39, 0.29) is 0 Å². The summed E-state index contributed by atoms with van der Waals surface area (Å²) in [5.74, 6) is 2.56. The SMILES string of the molecule is CCc1cnc(CCNC(=NCc2nnc(C)n2C)NCCCN2CCOCC2)s1. The number of hydrogen-bond donors (Lipinski definition) is 2. The Morgan fingerprint density at radius 2 is 2.03 bits per heavy atom. The Morgan fingerprint density at radius 3 is 2.73 bits per heavy atom. The molecule has 30 heavy (non-hydrogen) atoms. The van der Waals surface area contributed by atoms with Gasteiger partial charge in [-0.25, -0.2) is 9.98 Å². The zero-order chi connectivity index (χ0) is 21.2. The van der Waals surface area contributed by atoms with Gasteiger partial charge in [0.15, 0.2) is 11.8 Å². The Bertz CT molecular complexity index is 797. The maximum Gasteiger partial charge on any atom is 0.191 e. The van der Waals surface area contributed by atoms with Crippen LogP contribution >= 0.6 is 11.3 Å². The highest BCUT2D eigenvalue weighted by Gasteiger charge is 2.10. The number of ether oxygens (including phenoxy) is 1. The molecule has 2 N–H and O–H groups in total. The van der Waals surface area contributed by atoms with Crippen LogP contribution in [0.2, 0.25) is 0 Å². The number of morpholine rings is 1. The van der Waals surface area contributed by atoms with Gasteiger partial charge in [-0.3, -0.25) is 4.90 Å². The first-order chi connectivity index (χ1) is 14.7. The highest BCUT2D eigenvalue weighted by molar-refractivity contribution is 7.11. The monoisotopic (exact) mass is 434 g/mol. The average Bonchev–Trinajstić information content (AvgIpc) is 3.36. The van der Waals surface area contributed by atoms with Crippen LogP contribution < -0.4 is 10.6 Å². The third kappa shape index (κ3) is 7.03. The summed E-state index contributed by atoms with van der Waals surface area (Å²) in [5, 5.41) is 16.4. The molecule has 0 aliphatic carbocycles. The number of guanidine groups is 1. The lowest BCUT2D eigenvalue weighted by atomic mass is 10.3. The molecule has 2 aromatic heterocycles. The molecule has 3 rings (SSSR count). The molecule has 9 nitrogen and oxygen atoms in total. The number of thiazole rings is 1. The second-order valence-corrected chi connectivity index (χ2v) is 8.57. The molecule has 0 atom stereocenters. The third-order valence-electron chi connectivity index (χ3n) is 5.19. The second-order valence-electron chi connectivity index (χ2n) is 7.37. The third-order valence-corrected chi connectivity index (χ3v) is 6.39. The molecule has 0 bridgehead atoms. The minimum Gasteiger partial charge on any atom is -0.379 e. The van der Waals surface area contributed by atoms with E-state index in [9.17, 15) is 0 Å². The van der Waals surface area contributed by atoms with Crippen LogP contribution in [-0.4, -0.2) is 76.5 Å². The quantitative estimate of drug-likeness (QED) is 0.329. The molecule has 1 aliphatic rings. The van der Waals surface area contributed by atoms with Gasteiger partial charge in [0, 0.05) is 50.7 Å². The topological polar surface area (TPSA) is 92.5 Å². The Morgan fingerprint density at radius 1 is 1.23 bits per heavy atom. The van der Waals surface area contributed by atoms with E-state index in [4.69, 9.17) is 9.73 Å². The fraction of sp³-hybridized carbons (Fsp3) is 0.700. The smallest absolute Gasteiger partial charge is 0.191 e. The number of hydrogen-bond acceptors (Lipinski definition) is 7. The molecule has 2 aromatic rings. The van der Waals surface area contributed by atoms with Crippen molar-refractivity contribution in [2.75, 3.05) is 45.9 Å². The van der Waals surface area contributed by atoms with Crippen molar-refractivity contribution in [3.05, 3.63) is 27.7 Å². The maximum absolute atomic E-state index is 5.42. The minimum absolute atomic E-state index is 0.493. The molecular weight excluding hydrogens is 400 g/mol. The summed E-state index contributed by atoms with van der Waals surface area (Å²) < 4.78 is 7.39. The zero-order valence-corrected chi connectivity index (χ0v) is 19.2. The number of nitrogens with zero attached hydrogens (tertiary/aromatic N) is 6. The van der Waals surface area contributed by atoms with Crippen molar-refractivity contribution in [1.82, 2.24) is 35.3 Å². The van der Waals surface area contributed by atoms with Gasteiger partial charge in [-0.15, -0.1) is 21.5 Å². The molecule has 1 saturated heterocycles. The number of aliphatic imine (C=N–C) groups is 1. The van der Waals surface area contributed by atoms with Gasteiger partial charge in [0.2, 0.25) is 0 Å². The molecule has 3 heterocycles. The highest BCUT2D eigenvalue weighted by Crippen LogP contribution is 2.13. The van der Waals surface area contributed by atoms with Crippen molar-refractivity contribution >= 4 is 17.3 Å². The molecular formula is C20H34N8OS. The molecule has 0 unspecified atom stereocenters. The first kappa shape index (κ1) is 22.6. The standard InChI is InChI=1S/C20H34N8OS/c1-4-17-14-23-19(30-17)6-8-22-20(24-15-18-26-25-16(2)27(18)3)21-7-5-9-28-10-12-29-13-11-28/h14H,4-13,15H2,1-3H3,(H2,21,22,24). The minimum atomic E-state index is 0.493. The van der Waals surface area contributed by atoms with Crippen LogP contribution in [0.25, 0.3) is 0 Å². The summed E-state index contributed by atoms with van der Waals surface area (Å²) in [6.07, 6.45) is 4.98. The highest BCUT2D eigenvalue weighted by atomic mass is 32.1. The Hall–Kier alpha value is -2.04. The Labute approximate surface area is 183 Å². The summed E-state index contributed by atoms with van der Waals surface area (Å²) >= 11 is 1.79. The van der Waals surface area contributed by atoms with E-state index in [1.807, 2.05) is 24.7 Å². The summed E-state index contributed by atoms with van der Waals surface area (Å²) in [4.78, 5) is 13.0. The Kier molecular flexibility index (Phi) is 9.03. The van der Waals surface area contributed by atoms with Gasteiger partial charge in [0.1, 0.15) is 12.4 Å². The number of nitrogens with one attached hydrogen (secondary N) is 2. The van der Waals surface area contributed by atoms with Gasteiger partial charge in [0.05, 0.1) is 18.2 Å². The van der Waals surface area contributed by atoms with Gasteiger partial charge in [-0.2, -0.15) is 0 Å². The predicted molar refractivity (Wildman–Crippen MR) is 120 cm³/mol. The van der Waals surface area contributed by atoms with Gasteiger partial charge in [-0.05, 0) is 26.3 Å². The largest absolute Gasteiger partial charge is 0.379 e. The Balaban J connectivity index is 1.48. The first-order valence-corrected chi connectivity index (χ1v) is 11.6. The normalized spacial score (nSPS) is 15.5. The molecule has 1 fully saturated rings. The molecule has 0 aromatic carbocycles. The number of aryl methyl sites for hydroxylation is 2. The fourth-order valence-corrected chi connectivity index (χ4v) is 4.02. The van der Waals surface area contributed by atoms with Crippen LogP contribution in [0, 0.1) is 6.92 Å². The van der Waals surface area contributed by atoms with Crippen molar-refractivity contribution in [2.24, 2.45) is 12.0 Å². The van der Waals surface area contributed by atoms with Crippen LogP contribution in [0.15, 0.2) is 11.2 Å². The van der Waals surface area contributed by atoms with Crippen molar-refractivity contribution in [2.45, 2.75) is 39.7 Å². The summed E-state index contributed by atoms with van der Waals surface area (Å²) in [7, 11) is 1.97. The van der Waals surface area contributed by atoms with E-state index in [0.29, 0.717) is 6.54 Å². The van der Waals surface area contributed by atoms with E-state index in [1.165, 1.54) is 4.88 Å². The van der Waals surface area contributed by atoms with E-state index < -0.39 is 0 Å². The van der Waals surface area contributed by atoms with Gasteiger partial charge < -0.3 is 19.9 Å². The fourth-order valence-electron chi connectivity index (χ4n) is 3.16. The summed E-state index contributed by atoms with van der Waals surface area (Å²) in [6, 6.07) is 0. The summed E-state index contributed by atoms with van der Waals surface area (Å²) in [6.45, 7) is 11.1. The molecule has 1 aliphatic heterocycles. The average molecular weight is 435 g/mol. The van der Waals surface area contributed by atoms with Crippen molar-refractivity contribution in [1.29, 1.82) is 0 Å². The lowest BCUT2D eigenvalue weighted by Gasteiger charge is -2.26. The predicted octanol–water partition coefficient (Wildman–Crippen LogP) is 1.14. The molecule has 0 saturated carbocycles. The van der Waals surface area contributed by atoms with Crippen molar-refractivity contribution < 1.29 is 4.74 Å². The molecule has 10 heteroatoms.